The Kier molecular flexibility index (Phi) is 5.42. The fraction of sp³-hybridized carbons (Fsp3) is 0.263. The number of carbonyl (C=O) groups excluding carboxylic acids is 1. The van der Waals surface area contributed by atoms with Crippen molar-refractivity contribution < 1.29 is 27.4 Å². The Balaban J connectivity index is 2.01. The minimum Gasteiger partial charge on any atom is -0.488 e. The number of rotatable bonds is 4. The number of aliphatic hydroxyl groups excluding tert-OH is 1. The number of nitriles is 1. The van der Waals surface area contributed by atoms with Crippen molar-refractivity contribution in [2.24, 2.45) is 7.05 Å². The van der Waals surface area contributed by atoms with Crippen molar-refractivity contribution in [1.29, 1.82) is 5.26 Å². The van der Waals surface area contributed by atoms with Gasteiger partial charge in [-0.1, -0.05) is 6.08 Å². The quantitative estimate of drug-likeness (QED) is 0.621. The Morgan fingerprint density at radius 2 is 2.27 bits per heavy atom. The second-order valence-corrected chi connectivity index (χ2v) is 8.69. The van der Waals surface area contributed by atoms with E-state index in [1.807, 2.05) is 0 Å². The van der Waals surface area contributed by atoms with Crippen molar-refractivity contribution in [3.05, 3.63) is 54.1 Å². The zero-order valence-corrected chi connectivity index (χ0v) is 17.0. The third kappa shape index (κ3) is 3.68. The van der Waals surface area contributed by atoms with Gasteiger partial charge < -0.3 is 19.7 Å². The van der Waals surface area contributed by atoms with Crippen molar-refractivity contribution in [3.63, 3.8) is 0 Å². The van der Waals surface area contributed by atoms with E-state index in [1.165, 1.54) is 36.9 Å². The van der Waals surface area contributed by atoms with Crippen molar-refractivity contribution in [2.45, 2.75) is 23.5 Å². The van der Waals surface area contributed by atoms with Gasteiger partial charge in [0, 0.05) is 18.9 Å². The molecular formula is C19H19FN4O5S. The summed E-state index contributed by atoms with van der Waals surface area (Å²) in [6, 6.07) is 5.14. The van der Waals surface area contributed by atoms with Crippen LogP contribution in [0.5, 0.6) is 5.75 Å². The molecule has 30 heavy (non-hydrogen) atoms. The van der Waals surface area contributed by atoms with Crippen LogP contribution < -0.4 is 14.8 Å². The van der Waals surface area contributed by atoms with E-state index in [0.717, 1.165) is 12.1 Å². The highest BCUT2D eigenvalue weighted by molar-refractivity contribution is 7.89. The topological polar surface area (TPSA) is 133 Å². The summed E-state index contributed by atoms with van der Waals surface area (Å²) in [5, 5.41) is 21.6. The van der Waals surface area contributed by atoms with Gasteiger partial charge in [0.2, 0.25) is 10.0 Å². The summed E-state index contributed by atoms with van der Waals surface area (Å²) in [6.45, 7) is 4.64. The van der Waals surface area contributed by atoms with Crippen LogP contribution in [0.15, 0.2) is 41.9 Å². The van der Waals surface area contributed by atoms with E-state index in [1.54, 1.807) is 6.07 Å². The largest absolute Gasteiger partial charge is 0.488 e. The SMILES string of the molecule is C=C[C@@H](O)[C@@]1(C)COc2c(cn(C)c2C(=O)Nc2ccc(F)c(C#N)c2)S(=O)(=O)N1. The minimum atomic E-state index is -4.14. The fourth-order valence-electron chi connectivity index (χ4n) is 3.07. The summed E-state index contributed by atoms with van der Waals surface area (Å²) in [7, 11) is -2.68. The normalized spacial score (nSPS) is 20.8. The van der Waals surface area contributed by atoms with E-state index >= 15 is 0 Å². The molecule has 1 aliphatic rings. The maximum Gasteiger partial charge on any atom is 0.276 e. The molecule has 9 nitrogen and oxygen atoms in total. The molecule has 2 heterocycles. The maximum atomic E-state index is 13.5. The Morgan fingerprint density at radius 1 is 1.57 bits per heavy atom. The second-order valence-electron chi connectivity index (χ2n) is 7.03. The molecule has 1 aromatic heterocycles. The van der Waals surface area contributed by atoms with Crippen molar-refractivity contribution in [2.75, 3.05) is 11.9 Å². The molecule has 0 bridgehead atoms. The third-order valence-corrected chi connectivity index (χ3v) is 6.32. The van der Waals surface area contributed by atoms with Crippen LogP contribution in [0.3, 0.4) is 0 Å². The van der Waals surface area contributed by atoms with Gasteiger partial charge >= 0.3 is 0 Å². The van der Waals surface area contributed by atoms with Gasteiger partial charge in [-0.05, 0) is 25.1 Å². The first-order valence-electron chi connectivity index (χ1n) is 8.70. The van der Waals surface area contributed by atoms with Gasteiger partial charge in [0.25, 0.3) is 5.91 Å². The van der Waals surface area contributed by atoms with Gasteiger partial charge in [-0.3, -0.25) is 4.79 Å². The molecule has 0 saturated heterocycles. The maximum absolute atomic E-state index is 13.5. The molecule has 2 atom stereocenters. The van der Waals surface area contributed by atoms with Crippen molar-refractivity contribution in [3.8, 4) is 11.8 Å². The number of carbonyl (C=O) groups is 1. The molecule has 1 amide bonds. The molecule has 11 heteroatoms. The van der Waals surface area contributed by atoms with E-state index in [0.29, 0.717) is 0 Å². The molecule has 0 saturated carbocycles. The van der Waals surface area contributed by atoms with E-state index in [9.17, 15) is 22.7 Å². The number of nitrogens with one attached hydrogen (secondary N) is 2. The fourth-order valence-corrected chi connectivity index (χ4v) is 4.67. The van der Waals surface area contributed by atoms with Crippen LogP contribution in [0.25, 0.3) is 0 Å². The molecule has 158 valence electrons. The molecule has 0 unspecified atom stereocenters. The van der Waals surface area contributed by atoms with Gasteiger partial charge in [-0.2, -0.15) is 9.98 Å². The summed E-state index contributed by atoms with van der Waals surface area (Å²) >= 11 is 0. The van der Waals surface area contributed by atoms with E-state index < -0.39 is 33.4 Å². The predicted molar refractivity (Wildman–Crippen MR) is 105 cm³/mol. The number of aryl methyl sites for hydroxylation is 1. The zero-order valence-electron chi connectivity index (χ0n) is 16.1. The van der Waals surface area contributed by atoms with E-state index in [4.69, 9.17) is 10.00 Å². The first kappa shape index (κ1) is 21.5. The predicted octanol–water partition coefficient (Wildman–Crippen LogP) is 1.26. The van der Waals surface area contributed by atoms with E-state index in [-0.39, 0.29) is 34.2 Å². The van der Waals surface area contributed by atoms with Gasteiger partial charge in [0.1, 0.15) is 23.4 Å². The molecule has 1 aromatic carbocycles. The number of fused-ring (bicyclic) bond motifs is 1. The molecule has 0 fully saturated rings. The average Bonchev–Trinajstić information content (AvgIpc) is 2.99. The Labute approximate surface area is 172 Å². The lowest BCUT2D eigenvalue weighted by Crippen LogP contribution is -2.56. The monoisotopic (exact) mass is 434 g/mol. The summed E-state index contributed by atoms with van der Waals surface area (Å²) in [6.07, 6.45) is 1.15. The Morgan fingerprint density at radius 3 is 2.90 bits per heavy atom. The molecular weight excluding hydrogens is 415 g/mol. The number of nitrogens with zero attached hydrogens (tertiary/aromatic N) is 2. The number of aromatic nitrogens is 1. The molecule has 2 aromatic rings. The van der Waals surface area contributed by atoms with Crippen LogP contribution >= 0.6 is 0 Å². The number of anilines is 1. The molecule has 0 spiro atoms. The number of sulfonamides is 1. The van der Waals surface area contributed by atoms with Gasteiger partial charge in [0.05, 0.1) is 17.2 Å². The van der Waals surface area contributed by atoms with Crippen LogP contribution in [-0.2, 0) is 17.1 Å². The third-order valence-electron chi connectivity index (χ3n) is 4.71. The lowest BCUT2D eigenvalue weighted by Gasteiger charge is -2.31. The first-order chi connectivity index (χ1) is 14.0. The lowest BCUT2D eigenvalue weighted by molar-refractivity contribution is 0.0843. The van der Waals surface area contributed by atoms with Crippen molar-refractivity contribution >= 4 is 21.6 Å². The van der Waals surface area contributed by atoms with Crippen LogP contribution in [0, 0.1) is 17.1 Å². The number of hydrogen-bond donors (Lipinski definition) is 3. The highest BCUT2D eigenvalue weighted by atomic mass is 32.2. The van der Waals surface area contributed by atoms with Gasteiger partial charge in [-0.25, -0.2) is 12.8 Å². The summed E-state index contributed by atoms with van der Waals surface area (Å²) < 4.78 is 48.5. The zero-order chi connectivity index (χ0) is 22.3. The summed E-state index contributed by atoms with van der Waals surface area (Å²) in [5.74, 6) is -1.65. The van der Waals surface area contributed by atoms with Crippen LogP contribution in [-0.4, -0.2) is 42.2 Å². The number of aliphatic hydroxyl groups is 1. The number of hydrogen-bond acceptors (Lipinski definition) is 6. The number of halogens is 1. The number of benzene rings is 1. The molecule has 3 N–H and O–H groups in total. The summed E-state index contributed by atoms with van der Waals surface area (Å²) in [5.41, 5.74) is -1.61. The smallest absolute Gasteiger partial charge is 0.276 e. The minimum absolute atomic E-state index is 0.101. The average molecular weight is 434 g/mol. The summed E-state index contributed by atoms with van der Waals surface area (Å²) in [4.78, 5) is 12.6. The van der Waals surface area contributed by atoms with Gasteiger partial charge in [0.15, 0.2) is 11.4 Å². The Hall–Kier alpha value is -3.20. The number of amides is 1. The molecule has 1 aliphatic heterocycles. The molecule has 0 radical (unpaired) electrons. The van der Waals surface area contributed by atoms with E-state index in [2.05, 4.69) is 16.6 Å². The highest BCUT2D eigenvalue weighted by Gasteiger charge is 2.43. The molecule has 3 rings (SSSR count). The standard InChI is InChI=1S/C19H19FN4O5S/c1-4-15(25)19(2)10-29-17-14(30(27,28)23-19)9-24(3)16(17)18(26)22-12-5-6-13(20)11(7-12)8-21/h4-7,9,15,23,25H,1,10H2,2-3H3,(H,22,26)/t15-,19-/m1/s1. The second kappa shape index (κ2) is 7.56. The van der Waals surface area contributed by atoms with Crippen molar-refractivity contribution in [1.82, 2.24) is 9.29 Å². The first-order valence-corrected chi connectivity index (χ1v) is 10.2. The lowest BCUT2D eigenvalue weighted by atomic mass is 9.97. The highest BCUT2D eigenvalue weighted by Crippen LogP contribution is 2.35. The number of ether oxygens (including phenoxy) is 1. The van der Waals surface area contributed by atoms with Crippen LogP contribution in [0.2, 0.25) is 0 Å². The van der Waals surface area contributed by atoms with Crippen LogP contribution in [0.1, 0.15) is 23.0 Å². The van der Waals surface area contributed by atoms with Gasteiger partial charge in [-0.15, -0.1) is 6.58 Å². The molecule has 0 aliphatic carbocycles. The van der Waals surface area contributed by atoms with Crippen LogP contribution in [0.4, 0.5) is 10.1 Å². The Bertz CT molecular complexity index is 1180.